The molecule has 1 N–H and O–H groups in total. The van der Waals surface area contributed by atoms with Crippen molar-refractivity contribution in [1.82, 2.24) is 19.7 Å². The van der Waals surface area contributed by atoms with E-state index in [0.717, 1.165) is 6.07 Å². The third-order valence-electron chi connectivity index (χ3n) is 3.62. The molecule has 2 aromatic heterocycles. The van der Waals surface area contributed by atoms with Crippen molar-refractivity contribution < 1.29 is 17.9 Å². The van der Waals surface area contributed by atoms with Gasteiger partial charge in [-0.05, 0) is 24.3 Å². The number of benzene rings is 2. The molecule has 0 bridgehead atoms. The number of ether oxygens (including phenoxy) is 1. The predicted molar refractivity (Wildman–Crippen MR) is 85.9 cm³/mol. The van der Waals surface area contributed by atoms with E-state index in [0.29, 0.717) is 11.8 Å². The summed E-state index contributed by atoms with van der Waals surface area (Å²) < 4.78 is 46.6. The van der Waals surface area contributed by atoms with E-state index in [1.54, 1.807) is 24.3 Å². The fraction of sp³-hybridized carbons (Fsp3) is 0. The van der Waals surface area contributed by atoms with Crippen molar-refractivity contribution in [1.29, 1.82) is 0 Å². The van der Waals surface area contributed by atoms with Crippen LogP contribution in [0.25, 0.3) is 16.7 Å². The zero-order valence-corrected chi connectivity index (χ0v) is 12.9. The molecule has 26 heavy (non-hydrogen) atoms. The molecule has 0 aliphatic carbocycles. The van der Waals surface area contributed by atoms with E-state index in [-0.39, 0.29) is 17.0 Å². The maximum absolute atomic E-state index is 13.8. The molecule has 0 aliphatic heterocycles. The summed E-state index contributed by atoms with van der Waals surface area (Å²) in [5.41, 5.74) is 0.235. The first-order valence-electron chi connectivity index (χ1n) is 7.39. The molecule has 0 saturated carbocycles. The Bertz CT molecular complexity index is 1170. The largest absolute Gasteiger partial charge is 0.422 e. The minimum atomic E-state index is -1.68. The number of aromatic amines is 1. The molecule has 0 atom stereocenters. The SMILES string of the molecule is O=c1[nH]c(Oc2ccc(F)c(F)c2F)nc2c1cnn2-c1ccccc1. The highest BCUT2D eigenvalue weighted by Crippen LogP contribution is 2.25. The highest BCUT2D eigenvalue weighted by molar-refractivity contribution is 5.75. The summed E-state index contributed by atoms with van der Waals surface area (Å²) in [6.45, 7) is 0. The van der Waals surface area contributed by atoms with E-state index >= 15 is 0 Å². The number of hydrogen-bond donors (Lipinski definition) is 1. The van der Waals surface area contributed by atoms with Gasteiger partial charge in [-0.2, -0.15) is 14.5 Å². The van der Waals surface area contributed by atoms with E-state index in [2.05, 4.69) is 15.1 Å². The molecule has 0 aliphatic rings. The predicted octanol–water partition coefficient (Wildman–Crippen LogP) is 3.32. The minimum Gasteiger partial charge on any atom is -0.422 e. The second-order valence-corrected chi connectivity index (χ2v) is 5.28. The molecule has 2 heterocycles. The van der Waals surface area contributed by atoms with Gasteiger partial charge in [0, 0.05) is 0 Å². The third kappa shape index (κ3) is 2.59. The lowest BCUT2D eigenvalue weighted by Crippen LogP contribution is -2.10. The van der Waals surface area contributed by atoms with E-state index in [1.165, 1.54) is 10.9 Å². The molecule has 0 radical (unpaired) electrons. The Morgan fingerprint density at radius 3 is 2.54 bits per heavy atom. The second-order valence-electron chi connectivity index (χ2n) is 5.28. The second kappa shape index (κ2) is 6.03. The molecule has 4 rings (SSSR count). The van der Waals surface area contributed by atoms with E-state index in [1.807, 2.05) is 6.07 Å². The molecule has 4 aromatic rings. The fourth-order valence-corrected chi connectivity index (χ4v) is 2.40. The van der Waals surface area contributed by atoms with Crippen LogP contribution in [0.4, 0.5) is 13.2 Å². The van der Waals surface area contributed by atoms with Gasteiger partial charge in [-0.25, -0.2) is 13.5 Å². The van der Waals surface area contributed by atoms with Crippen molar-refractivity contribution in [3.63, 3.8) is 0 Å². The van der Waals surface area contributed by atoms with Crippen LogP contribution in [0, 0.1) is 17.5 Å². The normalized spacial score (nSPS) is 11.0. The molecular formula is C17H9F3N4O2. The maximum atomic E-state index is 13.8. The molecule has 2 aromatic carbocycles. The van der Waals surface area contributed by atoms with Crippen LogP contribution >= 0.6 is 0 Å². The lowest BCUT2D eigenvalue weighted by Gasteiger charge is -2.07. The Balaban J connectivity index is 1.82. The van der Waals surface area contributed by atoms with Crippen LogP contribution in [0.15, 0.2) is 53.5 Å². The van der Waals surface area contributed by atoms with Crippen molar-refractivity contribution in [3.05, 3.63) is 76.5 Å². The summed E-state index contributed by atoms with van der Waals surface area (Å²) in [7, 11) is 0. The van der Waals surface area contributed by atoms with Crippen LogP contribution in [-0.2, 0) is 0 Å². The van der Waals surface area contributed by atoms with E-state index in [4.69, 9.17) is 4.74 Å². The maximum Gasteiger partial charge on any atom is 0.304 e. The van der Waals surface area contributed by atoms with Crippen molar-refractivity contribution in [2.75, 3.05) is 0 Å². The summed E-state index contributed by atoms with van der Waals surface area (Å²) in [6.07, 6.45) is 1.33. The Morgan fingerprint density at radius 1 is 1.00 bits per heavy atom. The summed E-state index contributed by atoms with van der Waals surface area (Å²) in [4.78, 5) is 18.6. The third-order valence-corrected chi connectivity index (χ3v) is 3.62. The Hall–Kier alpha value is -3.62. The van der Waals surface area contributed by atoms with E-state index in [9.17, 15) is 18.0 Å². The molecular weight excluding hydrogens is 349 g/mol. The van der Waals surface area contributed by atoms with Crippen LogP contribution < -0.4 is 10.3 Å². The van der Waals surface area contributed by atoms with Gasteiger partial charge in [0.25, 0.3) is 5.56 Å². The topological polar surface area (TPSA) is 72.8 Å². The zero-order chi connectivity index (χ0) is 18.3. The van der Waals surface area contributed by atoms with Crippen molar-refractivity contribution in [2.45, 2.75) is 0 Å². The van der Waals surface area contributed by atoms with Crippen molar-refractivity contribution in [2.24, 2.45) is 0 Å². The van der Waals surface area contributed by atoms with Crippen LogP contribution in [0.1, 0.15) is 0 Å². The van der Waals surface area contributed by atoms with Gasteiger partial charge in [0.05, 0.1) is 11.9 Å². The number of rotatable bonds is 3. The smallest absolute Gasteiger partial charge is 0.304 e. The van der Waals surface area contributed by atoms with Gasteiger partial charge >= 0.3 is 6.01 Å². The Labute approximate surface area is 143 Å². The van der Waals surface area contributed by atoms with Gasteiger partial charge in [-0.1, -0.05) is 18.2 Å². The van der Waals surface area contributed by atoms with Crippen LogP contribution in [0.3, 0.4) is 0 Å². The molecule has 0 amide bonds. The van der Waals surface area contributed by atoms with Gasteiger partial charge in [0.1, 0.15) is 5.39 Å². The van der Waals surface area contributed by atoms with Crippen LogP contribution in [0.5, 0.6) is 11.8 Å². The number of halogens is 3. The van der Waals surface area contributed by atoms with Crippen molar-refractivity contribution in [3.8, 4) is 17.4 Å². The molecule has 6 nitrogen and oxygen atoms in total. The molecule has 130 valence electrons. The quantitative estimate of drug-likeness (QED) is 0.570. The van der Waals surface area contributed by atoms with Gasteiger partial charge in [-0.15, -0.1) is 0 Å². The van der Waals surface area contributed by atoms with Gasteiger partial charge in [-0.3, -0.25) is 9.78 Å². The molecule has 0 unspecified atom stereocenters. The standard InChI is InChI=1S/C17H9F3N4O2/c18-11-6-7-12(14(20)13(11)19)26-17-22-15-10(16(25)23-17)8-21-24(15)9-4-2-1-3-5-9/h1-8H,(H,22,23,25). The fourth-order valence-electron chi connectivity index (χ4n) is 2.40. The highest BCUT2D eigenvalue weighted by atomic mass is 19.2. The number of aromatic nitrogens is 4. The first kappa shape index (κ1) is 15.9. The number of para-hydroxylation sites is 1. The lowest BCUT2D eigenvalue weighted by atomic mass is 10.3. The molecule has 0 fully saturated rings. The number of nitrogens with one attached hydrogen (secondary N) is 1. The zero-order valence-electron chi connectivity index (χ0n) is 12.9. The van der Waals surface area contributed by atoms with Gasteiger partial charge in [0.15, 0.2) is 23.0 Å². The number of H-pyrrole nitrogens is 1. The van der Waals surface area contributed by atoms with E-state index < -0.39 is 28.8 Å². The Kier molecular flexibility index (Phi) is 3.68. The average Bonchev–Trinajstić information content (AvgIpc) is 3.07. The molecule has 0 saturated heterocycles. The van der Waals surface area contributed by atoms with Crippen LogP contribution in [0.2, 0.25) is 0 Å². The summed E-state index contributed by atoms with van der Waals surface area (Å²) in [5.74, 6) is -5.17. The molecule has 0 spiro atoms. The number of hydrogen-bond acceptors (Lipinski definition) is 4. The van der Waals surface area contributed by atoms with Gasteiger partial charge in [0.2, 0.25) is 5.82 Å². The van der Waals surface area contributed by atoms with Gasteiger partial charge < -0.3 is 4.74 Å². The van der Waals surface area contributed by atoms with Crippen LogP contribution in [-0.4, -0.2) is 19.7 Å². The molecule has 9 heteroatoms. The summed E-state index contributed by atoms with van der Waals surface area (Å²) >= 11 is 0. The monoisotopic (exact) mass is 358 g/mol. The van der Waals surface area contributed by atoms with Crippen molar-refractivity contribution >= 4 is 11.0 Å². The first-order valence-corrected chi connectivity index (χ1v) is 7.39. The average molecular weight is 358 g/mol. The highest BCUT2D eigenvalue weighted by Gasteiger charge is 2.17. The lowest BCUT2D eigenvalue weighted by molar-refractivity contribution is 0.378. The number of fused-ring (bicyclic) bond motifs is 1. The summed E-state index contributed by atoms with van der Waals surface area (Å²) in [5, 5.41) is 4.30. The minimum absolute atomic E-state index is 0.165. The Morgan fingerprint density at radius 2 is 1.77 bits per heavy atom. The number of nitrogens with zero attached hydrogens (tertiary/aromatic N) is 3. The summed E-state index contributed by atoms with van der Waals surface area (Å²) in [6, 6.07) is 10.1. The first-order chi connectivity index (χ1) is 12.5.